The van der Waals surface area contributed by atoms with E-state index < -0.39 is 0 Å². The van der Waals surface area contributed by atoms with Crippen molar-refractivity contribution in [3.63, 3.8) is 0 Å². The Labute approximate surface area is 66.3 Å². The van der Waals surface area contributed by atoms with Gasteiger partial charge < -0.3 is 4.74 Å². The Morgan fingerprint density at radius 2 is 1.67 bits per heavy atom. The van der Waals surface area contributed by atoms with Crippen LogP contribution in [0.1, 0.15) is 0 Å². The van der Waals surface area contributed by atoms with E-state index in [2.05, 4.69) is 0 Å². The van der Waals surface area contributed by atoms with Crippen molar-refractivity contribution in [3.05, 3.63) is 30.3 Å². The summed E-state index contributed by atoms with van der Waals surface area (Å²) in [7, 11) is 1.66. The number of para-hydroxylation sites is 1. The average molecular weight is 186 g/mol. The van der Waals surface area contributed by atoms with Crippen LogP contribution >= 0.6 is 0 Å². The van der Waals surface area contributed by atoms with E-state index in [1.165, 1.54) is 0 Å². The summed E-state index contributed by atoms with van der Waals surface area (Å²) in [6, 6.07) is 9.68. The van der Waals surface area contributed by atoms with Crippen LogP contribution in [0.5, 0.6) is 5.75 Å². The van der Waals surface area contributed by atoms with Gasteiger partial charge in [-0.15, -0.1) is 0 Å². The molecule has 0 saturated heterocycles. The van der Waals surface area contributed by atoms with E-state index in [4.69, 9.17) is 4.74 Å². The van der Waals surface area contributed by atoms with Crippen LogP contribution in [-0.2, 0) is 0 Å². The number of ether oxygens (including phenoxy) is 1. The van der Waals surface area contributed by atoms with Crippen LogP contribution in [-0.4, -0.2) is 25.1 Å². The summed E-state index contributed by atoms with van der Waals surface area (Å²) in [4.78, 5) is 0. The van der Waals surface area contributed by atoms with Gasteiger partial charge in [0.25, 0.3) is 0 Å². The summed E-state index contributed by atoms with van der Waals surface area (Å²) in [6.45, 7) is 0. The molecule has 1 nitrogen and oxygen atoms in total. The van der Waals surface area contributed by atoms with E-state index in [9.17, 15) is 0 Å². The summed E-state index contributed by atoms with van der Waals surface area (Å²) in [6.07, 6.45) is 0. The molecule has 2 heteroatoms. The second kappa shape index (κ2) is 4.46. The molecule has 1 rings (SSSR count). The van der Waals surface area contributed by atoms with Crippen LogP contribution in [0.25, 0.3) is 0 Å². The fourth-order valence-electron chi connectivity index (χ4n) is 0.557. The van der Waals surface area contributed by atoms with Gasteiger partial charge >= 0.3 is 18.0 Å². The van der Waals surface area contributed by atoms with Gasteiger partial charge in [-0.05, 0) is 12.1 Å². The van der Waals surface area contributed by atoms with Crippen LogP contribution in [0.2, 0.25) is 0 Å². The SMILES string of the molecule is COc1ccccc1.[AsH3]. The molecule has 0 bridgehead atoms. The molecule has 0 aromatic heterocycles. The Morgan fingerprint density at radius 3 is 2.00 bits per heavy atom. The van der Waals surface area contributed by atoms with Crippen LogP contribution < -0.4 is 4.74 Å². The Balaban J connectivity index is 0.000000640. The zero-order valence-electron chi connectivity index (χ0n) is 5.50. The van der Waals surface area contributed by atoms with Gasteiger partial charge in [0, 0.05) is 0 Å². The van der Waals surface area contributed by atoms with Gasteiger partial charge in [0.15, 0.2) is 0 Å². The summed E-state index contributed by atoms with van der Waals surface area (Å²) in [5.41, 5.74) is 0. The van der Waals surface area contributed by atoms with E-state index in [1.54, 1.807) is 7.11 Å². The van der Waals surface area contributed by atoms with Crippen molar-refractivity contribution < 1.29 is 4.74 Å². The normalized spacial score (nSPS) is 7.67. The minimum absolute atomic E-state index is 0. The molecule has 0 saturated carbocycles. The standard InChI is InChI=1S/C7H8O.AsH3/c1-8-7-5-3-2-4-6-7;/h2-6H,1H3;1H3. The quantitative estimate of drug-likeness (QED) is 0.580. The van der Waals surface area contributed by atoms with Gasteiger partial charge in [0.1, 0.15) is 5.75 Å². The molecule has 0 fully saturated rings. The van der Waals surface area contributed by atoms with Crippen molar-refractivity contribution in [3.8, 4) is 5.75 Å². The van der Waals surface area contributed by atoms with E-state index in [0.29, 0.717) is 0 Å². The molecule has 50 valence electrons. The Kier molecular flexibility index (Phi) is 4.25. The van der Waals surface area contributed by atoms with Gasteiger partial charge in [-0.1, -0.05) is 18.2 Å². The fourth-order valence-corrected chi connectivity index (χ4v) is 0.557. The first-order chi connectivity index (χ1) is 3.93. The zero-order valence-corrected chi connectivity index (χ0v) is 8.47. The third-order valence-electron chi connectivity index (χ3n) is 0.979. The molecule has 9 heavy (non-hydrogen) atoms. The number of benzene rings is 1. The van der Waals surface area contributed by atoms with Crippen molar-refractivity contribution in [2.24, 2.45) is 0 Å². The van der Waals surface area contributed by atoms with E-state index in [-0.39, 0.29) is 18.0 Å². The molecular formula is C7H11AsO. The van der Waals surface area contributed by atoms with Gasteiger partial charge in [-0.25, -0.2) is 0 Å². The summed E-state index contributed by atoms with van der Waals surface area (Å²) in [5, 5.41) is 0. The first-order valence-corrected chi connectivity index (χ1v) is 2.52. The molecular weight excluding hydrogens is 175 g/mol. The van der Waals surface area contributed by atoms with Gasteiger partial charge in [0.05, 0.1) is 7.11 Å². The van der Waals surface area contributed by atoms with E-state index >= 15 is 0 Å². The van der Waals surface area contributed by atoms with Crippen LogP contribution in [0, 0.1) is 0 Å². The van der Waals surface area contributed by atoms with Gasteiger partial charge in [-0.2, -0.15) is 0 Å². The second-order valence-corrected chi connectivity index (χ2v) is 1.52. The topological polar surface area (TPSA) is 9.23 Å². The Hall–Kier alpha value is -0.422. The van der Waals surface area contributed by atoms with Crippen LogP contribution in [0.15, 0.2) is 30.3 Å². The average Bonchev–Trinajstić information content (AvgIpc) is 1.90. The minimum atomic E-state index is 0. The number of hydrogen-bond donors (Lipinski definition) is 0. The fraction of sp³-hybridized carbons (Fsp3) is 0.143. The van der Waals surface area contributed by atoms with E-state index in [0.717, 1.165) is 5.75 Å². The molecule has 0 N–H and O–H groups in total. The maximum absolute atomic E-state index is 4.91. The molecule has 0 radical (unpaired) electrons. The summed E-state index contributed by atoms with van der Waals surface area (Å²) < 4.78 is 4.91. The molecule has 1 atom stereocenters. The summed E-state index contributed by atoms with van der Waals surface area (Å²) >= 11 is 0. The monoisotopic (exact) mass is 186 g/mol. The zero-order chi connectivity index (χ0) is 5.82. The van der Waals surface area contributed by atoms with Crippen LogP contribution in [0.4, 0.5) is 0 Å². The molecule has 1 aromatic carbocycles. The van der Waals surface area contributed by atoms with Crippen molar-refractivity contribution in [2.75, 3.05) is 7.11 Å². The molecule has 0 spiro atoms. The predicted octanol–water partition coefficient (Wildman–Crippen LogP) is 0.511. The predicted molar refractivity (Wildman–Crippen MR) is 42.9 cm³/mol. The maximum atomic E-state index is 4.91. The molecule has 0 aliphatic carbocycles. The molecule has 1 aromatic rings. The number of methoxy groups -OCH3 is 1. The third-order valence-corrected chi connectivity index (χ3v) is 0.979. The Bertz CT molecular complexity index is 150. The van der Waals surface area contributed by atoms with Gasteiger partial charge in [-0.3, -0.25) is 0 Å². The molecule has 0 aliphatic heterocycles. The first-order valence-electron chi connectivity index (χ1n) is 2.52. The van der Waals surface area contributed by atoms with Crippen LogP contribution in [0.3, 0.4) is 0 Å². The molecule has 0 aliphatic rings. The molecule has 0 heterocycles. The van der Waals surface area contributed by atoms with Crippen molar-refractivity contribution in [2.45, 2.75) is 0 Å². The van der Waals surface area contributed by atoms with Gasteiger partial charge in [0.2, 0.25) is 0 Å². The number of rotatable bonds is 1. The Morgan fingerprint density at radius 1 is 1.11 bits per heavy atom. The number of hydrogen-bond acceptors (Lipinski definition) is 1. The summed E-state index contributed by atoms with van der Waals surface area (Å²) in [5.74, 6) is 0.910. The second-order valence-electron chi connectivity index (χ2n) is 1.52. The molecule has 0 amide bonds. The van der Waals surface area contributed by atoms with Crippen molar-refractivity contribution >= 4 is 18.0 Å². The van der Waals surface area contributed by atoms with E-state index in [1.807, 2.05) is 30.3 Å². The van der Waals surface area contributed by atoms with Crippen molar-refractivity contribution in [1.82, 2.24) is 0 Å². The first kappa shape index (κ1) is 8.58. The van der Waals surface area contributed by atoms with Crippen molar-refractivity contribution in [1.29, 1.82) is 0 Å². The third kappa shape index (κ3) is 2.57. The molecule has 1 unspecified atom stereocenters.